The maximum absolute atomic E-state index is 10.8. The van der Waals surface area contributed by atoms with E-state index in [1.807, 2.05) is 0 Å². The second-order valence-electron chi connectivity index (χ2n) is 4.24. The summed E-state index contributed by atoms with van der Waals surface area (Å²) in [5.74, 6) is 0.455. The van der Waals surface area contributed by atoms with Crippen LogP contribution >= 0.6 is 0 Å². The van der Waals surface area contributed by atoms with Gasteiger partial charge in [-0.05, 0) is 38.0 Å². The van der Waals surface area contributed by atoms with Crippen LogP contribution in [0.15, 0.2) is 11.1 Å². The second kappa shape index (κ2) is 3.95. The molecule has 1 saturated carbocycles. The first-order valence-corrected chi connectivity index (χ1v) is 4.95. The van der Waals surface area contributed by atoms with Crippen LogP contribution in [0.25, 0.3) is 0 Å². The molecule has 1 rings (SSSR count). The third-order valence-electron chi connectivity index (χ3n) is 3.06. The number of carboxylic acids is 1. The fourth-order valence-corrected chi connectivity index (χ4v) is 2.21. The van der Waals surface area contributed by atoms with Gasteiger partial charge in [-0.1, -0.05) is 19.4 Å². The van der Waals surface area contributed by atoms with E-state index in [2.05, 4.69) is 13.8 Å². The van der Waals surface area contributed by atoms with Crippen LogP contribution in [0, 0.1) is 11.8 Å². The predicted molar refractivity (Wildman–Crippen MR) is 52.5 cm³/mol. The van der Waals surface area contributed by atoms with Crippen LogP contribution in [-0.4, -0.2) is 11.1 Å². The Kier molecular flexibility index (Phi) is 3.12. The highest BCUT2D eigenvalue weighted by atomic mass is 16.4. The van der Waals surface area contributed by atoms with Gasteiger partial charge < -0.3 is 5.11 Å². The number of hydrogen-bond acceptors (Lipinski definition) is 1. The van der Waals surface area contributed by atoms with Crippen molar-refractivity contribution in [1.82, 2.24) is 0 Å². The molecule has 1 N–H and O–H groups in total. The van der Waals surface area contributed by atoms with Crippen molar-refractivity contribution < 1.29 is 9.90 Å². The summed E-state index contributed by atoms with van der Waals surface area (Å²) in [5.41, 5.74) is 1.73. The molecule has 1 aliphatic carbocycles. The Labute approximate surface area is 79.6 Å². The number of aliphatic carboxylic acids is 1. The highest BCUT2D eigenvalue weighted by molar-refractivity contribution is 5.86. The third-order valence-corrected chi connectivity index (χ3v) is 3.06. The summed E-state index contributed by atoms with van der Waals surface area (Å²) < 4.78 is 0. The van der Waals surface area contributed by atoms with Gasteiger partial charge >= 0.3 is 5.97 Å². The van der Waals surface area contributed by atoms with E-state index in [-0.39, 0.29) is 0 Å². The van der Waals surface area contributed by atoms with Crippen molar-refractivity contribution in [2.75, 3.05) is 0 Å². The lowest BCUT2D eigenvalue weighted by Gasteiger charge is -2.27. The van der Waals surface area contributed by atoms with Crippen LogP contribution in [0.3, 0.4) is 0 Å². The van der Waals surface area contributed by atoms with Crippen molar-refractivity contribution in [1.29, 1.82) is 0 Å². The molecule has 0 spiro atoms. The van der Waals surface area contributed by atoms with E-state index in [0.717, 1.165) is 30.8 Å². The normalized spacial score (nSPS) is 32.8. The van der Waals surface area contributed by atoms with Gasteiger partial charge in [-0.25, -0.2) is 4.79 Å². The molecule has 1 fully saturated rings. The minimum absolute atomic E-state index is 0.458. The van der Waals surface area contributed by atoms with Gasteiger partial charge in [0.1, 0.15) is 0 Å². The molecule has 2 nitrogen and oxygen atoms in total. The quantitative estimate of drug-likeness (QED) is 0.633. The highest BCUT2D eigenvalue weighted by Crippen LogP contribution is 2.34. The molecule has 0 aromatic heterocycles. The van der Waals surface area contributed by atoms with Crippen LogP contribution in [0.5, 0.6) is 0 Å². The molecule has 0 amide bonds. The molecule has 0 saturated heterocycles. The molecule has 2 heteroatoms. The zero-order chi connectivity index (χ0) is 10.0. The summed E-state index contributed by atoms with van der Waals surface area (Å²) in [5, 5.41) is 8.86. The SMILES string of the molecule is C/C(C(=O)O)=C1/CCC(C)CC1C. The van der Waals surface area contributed by atoms with Gasteiger partial charge in [0.25, 0.3) is 0 Å². The Bertz CT molecular complexity index is 240. The molecule has 0 aliphatic heterocycles. The first kappa shape index (κ1) is 10.3. The van der Waals surface area contributed by atoms with E-state index in [1.54, 1.807) is 6.92 Å². The van der Waals surface area contributed by atoms with Gasteiger partial charge in [0.15, 0.2) is 0 Å². The van der Waals surface area contributed by atoms with Crippen molar-refractivity contribution in [3.63, 3.8) is 0 Å². The van der Waals surface area contributed by atoms with E-state index in [9.17, 15) is 4.79 Å². The number of carboxylic acid groups (broad SMARTS) is 1. The van der Waals surface area contributed by atoms with Crippen molar-refractivity contribution in [2.45, 2.75) is 40.0 Å². The standard InChI is InChI=1S/C11H18O2/c1-7-4-5-10(8(2)6-7)9(3)11(12)13/h7-8H,4-6H2,1-3H3,(H,12,13)/b10-9+. The zero-order valence-electron chi connectivity index (χ0n) is 8.63. The molecule has 0 radical (unpaired) electrons. The molecule has 2 atom stereocenters. The number of allylic oxidation sites excluding steroid dienone is 1. The lowest BCUT2D eigenvalue weighted by Crippen LogP contribution is -2.16. The average Bonchev–Trinajstić information content (AvgIpc) is 2.03. The van der Waals surface area contributed by atoms with Crippen LogP contribution in [0.2, 0.25) is 0 Å². The third kappa shape index (κ3) is 2.33. The van der Waals surface area contributed by atoms with E-state index < -0.39 is 5.97 Å². The Hall–Kier alpha value is -0.790. The van der Waals surface area contributed by atoms with E-state index >= 15 is 0 Å². The average molecular weight is 182 g/mol. The van der Waals surface area contributed by atoms with Crippen molar-refractivity contribution in [3.8, 4) is 0 Å². The van der Waals surface area contributed by atoms with Crippen molar-refractivity contribution in [2.24, 2.45) is 11.8 Å². The minimum atomic E-state index is -0.753. The van der Waals surface area contributed by atoms with Crippen LogP contribution in [-0.2, 0) is 4.79 Å². The summed E-state index contributed by atoms with van der Waals surface area (Å²) in [4.78, 5) is 10.8. The molecular weight excluding hydrogens is 164 g/mol. The van der Waals surface area contributed by atoms with E-state index in [4.69, 9.17) is 5.11 Å². The summed E-state index contributed by atoms with van der Waals surface area (Å²) >= 11 is 0. The summed E-state index contributed by atoms with van der Waals surface area (Å²) in [6.45, 7) is 6.10. The maximum atomic E-state index is 10.8. The van der Waals surface area contributed by atoms with Gasteiger partial charge in [-0.15, -0.1) is 0 Å². The van der Waals surface area contributed by atoms with Crippen molar-refractivity contribution in [3.05, 3.63) is 11.1 Å². The Morgan fingerprint density at radius 3 is 2.54 bits per heavy atom. The maximum Gasteiger partial charge on any atom is 0.331 e. The van der Waals surface area contributed by atoms with Crippen LogP contribution in [0.4, 0.5) is 0 Å². The molecule has 13 heavy (non-hydrogen) atoms. The smallest absolute Gasteiger partial charge is 0.331 e. The molecular formula is C11H18O2. The molecule has 0 heterocycles. The largest absolute Gasteiger partial charge is 0.478 e. The first-order valence-electron chi connectivity index (χ1n) is 4.95. The summed E-state index contributed by atoms with van der Waals surface area (Å²) in [6.07, 6.45) is 3.25. The van der Waals surface area contributed by atoms with Gasteiger partial charge in [-0.2, -0.15) is 0 Å². The van der Waals surface area contributed by atoms with Gasteiger partial charge in [0.05, 0.1) is 0 Å². The molecule has 0 aromatic carbocycles. The number of rotatable bonds is 1. The highest BCUT2D eigenvalue weighted by Gasteiger charge is 2.22. The van der Waals surface area contributed by atoms with E-state index in [0.29, 0.717) is 11.5 Å². The zero-order valence-corrected chi connectivity index (χ0v) is 8.63. The summed E-state index contributed by atoms with van der Waals surface area (Å²) in [6, 6.07) is 0. The van der Waals surface area contributed by atoms with Gasteiger partial charge in [0, 0.05) is 5.57 Å². The van der Waals surface area contributed by atoms with Gasteiger partial charge in [0.2, 0.25) is 0 Å². The fourth-order valence-electron chi connectivity index (χ4n) is 2.21. The molecule has 1 aliphatic rings. The van der Waals surface area contributed by atoms with E-state index in [1.165, 1.54) is 0 Å². The molecule has 74 valence electrons. The Morgan fingerprint density at radius 2 is 2.08 bits per heavy atom. The Morgan fingerprint density at radius 1 is 1.46 bits per heavy atom. The molecule has 0 bridgehead atoms. The molecule has 2 unspecified atom stereocenters. The first-order chi connectivity index (χ1) is 6.02. The number of carbonyl (C=O) groups is 1. The number of hydrogen-bond donors (Lipinski definition) is 1. The monoisotopic (exact) mass is 182 g/mol. The van der Waals surface area contributed by atoms with Crippen molar-refractivity contribution >= 4 is 5.97 Å². The Balaban J connectivity index is 2.81. The lowest BCUT2D eigenvalue weighted by molar-refractivity contribution is -0.132. The van der Waals surface area contributed by atoms with Crippen LogP contribution < -0.4 is 0 Å². The minimum Gasteiger partial charge on any atom is -0.478 e. The second-order valence-corrected chi connectivity index (χ2v) is 4.24. The van der Waals surface area contributed by atoms with Crippen LogP contribution in [0.1, 0.15) is 40.0 Å². The van der Waals surface area contributed by atoms with Gasteiger partial charge in [-0.3, -0.25) is 0 Å². The topological polar surface area (TPSA) is 37.3 Å². The summed E-state index contributed by atoms with van der Waals surface area (Å²) in [7, 11) is 0. The fraction of sp³-hybridized carbons (Fsp3) is 0.727. The lowest BCUT2D eigenvalue weighted by atomic mass is 9.78. The predicted octanol–water partition coefficient (Wildman–Crippen LogP) is 2.84. The molecule has 0 aromatic rings.